The number of hydrogen-bond acceptors (Lipinski definition) is 3. The summed E-state index contributed by atoms with van der Waals surface area (Å²) in [4.78, 5) is 13.0. The molecule has 13 heavy (non-hydrogen) atoms. The van der Waals surface area contributed by atoms with Crippen LogP contribution in [-0.4, -0.2) is 25.3 Å². The van der Waals surface area contributed by atoms with Crippen LogP contribution in [0.15, 0.2) is 10.6 Å². The number of halogens is 1. The first-order valence-corrected chi connectivity index (χ1v) is 5.30. The van der Waals surface area contributed by atoms with E-state index in [1.807, 2.05) is 0 Å². The number of ether oxygens (including phenoxy) is 2. The van der Waals surface area contributed by atoms with Crippen molar-refractivity contribution >= 4 is 21.9 Å². The standard InChI is InChI=1S/C9H13BrO3/c1-2-12-9(11)7(6-10)8-4-3-5-13-8/h6,8H,2-5H2,1H3/b7-6-. The lowest BCUT2D eigenvalue weighted by molar-refractivity contribution is -0.139. The van der Waals surface area contributed by atoms with Gasteiger partial charge in [0.05, 0.1) is 18.3 Å². The molecule has 3 nitrogen and oxygen atoms in total. The first-order chi connectivity index (χ1) is 6.29. The lowest BCUT2D eigenvalue weighted by Gasteiger charge is -2.11. The van der Waals surface area contributed by atoms with Gasteiger partial charge in [-0.3, -0.25) is 0 Å². The zero-order valence-electron chi connectivity index (χ0n) is 7.59. The summed E-state index contributed by atoms with van der Waals surface area (Å²) in [6.45, 7) is 2.92. The van der Waals surface area contributed by atoms with Crippen molar-refractivity contribution in [2.75, 3.05) is 13.2 Å². The highest BCUT2D eigenvalue weighted by Gasteiger charge is 2.25. The Morgan fingerprint density at radius 3 is 3.00 bits per heavy atom. The van der Waals surface area contributed by atoms with E-state index in [1.54, 1.807) is 11.9 Å². The zero-order chi connectivity index (χ0) is 9.68. The van der Waals surface area contributed by atoms with Crippen LogP contribution in [0.4, 0.5) is 0 Å². The van der Waals surface area contributed by atoms with E-state index in [-0.39, 0.29) is 12.1 Å². The van der Waals surface area contributed by atoms with Crippen LogP contribution in [0.1, 0.15) is 19.8 Å². The number of esters is 1. The summed E-state index contributed by atoms with van der Waals surface area (Å²) in [5.74, 6) is -0.286. The van der Waals surface area contributed by atoms with E-state index in [1.165, 1.54) is 0 Å². The van der Waals surface area contributed by atoms with Gasteiger partial charge in [0.25, 0.3) is 0 Å². The van der Waals surface area contributed by atoms with Gasteiger partial charge in [-0.25, -0.2) is 4.79 Å². The molecule has 1 saturated heterocycles. The van der Waals surface area contributed by atoms with Crippen molar-refractivity contribution in [1.29, 1.82) is 0 Å². The monoisotopic (exact) mass is 248 g/mol. The van der Waals surface area contributed by atoms with Crippen LogP contribution in [0.5, 0.6) is 0 Å². The quantitative estimate of drug-likeness (QED) is 0.567. The molecule has 1 atom stereocenters. The molecule has 0 aromatic heterocycles. The minimum atomic E-state index is -0.286. The third kappa shape index (κ3) is 2.81. The average molecular weight is 249 g/mol. The van der Waals surface area contributed by atoms with E-state index in [4.69, 9.17) is 9.47 Å². The smallest absolute Gasteiger partial charge is 0.337 e. The fourth-order valence-electron chi connectivity index (χ4n) is 1.28. The minimum absolute atomic E-state index is 0.0848. The highest BCUT2D eigenvalue weighted by Crippen LogP contribution is 2.21. The van der Waals surface area contributed by atoms with Crippen LogP contribution in [0.25, 0.3) is 0 Å². The lowest BCUT2D eigenvalue weighted by atomic mass is 10.1. The Bertz CT molecular complexity index is 207. The number of hydrogen-bond donors (Lipinski definition) is 0. The van der Waals surface area contributed by atoms with Crippen molar-refractivity contribution in [3.05, 3.63) is 10.6 Å². The number of rotatable bonds is 3. The molecule has 1 unspecified atom stereocenters. The summed E-state index contributed by atoms with van der Waals surface area (Å²) in [5.41, 5.74) is 0.583. The molecule has 1 fully saturated rings. The van der Waals surface area contributed by atoms with Crippen molar-refractivity contribution in [3.8, 4) is 0 Å². The SMILES string of the molecule is CCOC(=O)/C(=C\Br)C1CCCO1. The molecular weight excluding hydrogens is 236 g/mol. The minimum Gasteiger partial charge on any atom is -0.463 e. The van der Waals surface area contributed by atoms with E-state index in [2.05, 4.69) is 15.9 Å². The van der Waals surface area contributed by atoms with Gasteiger partial charge in [-0.15, -0.1) is 0 Å². The molecule has 0 aliphatic carbocycles. The lowest BCUT2D eigenvalue weighted by Crippen LogP contribution is -2.19. The summed E-state index contributed by atoms with van der Waals surface area (Å²) in [6, 6.07) is 0. The second-order valence-electron chi connectivity index (χ2n) is 2.79. The van der Waals surface area contributed by atoms with Gasteiger partial charge in [-0.05, 0) is 24.8 Å². The molecular formula is C9H13BrO3. The first-order valence-electron chi connectivity index (χ1n) is 4.38. The van der Waals surface area contributed by atoms with Gasteiger partial charge in [0.1, 0.15) is 0 Å². The maximum atomic E-state index is 11.4. The Labute approximate surface area is 86.2 Å². The fraction of sp³-hybridized carbons (Fsp3) is 0.667. The van der Waals surface area contributed by atoms with E-state index < -0.39 is 0 Å². The maximum Gasteiger partial charge on any atom is 0.337 e. The topological polar surface area (TPSA) is 35.5 Å². The molecule has 0 amide bonds. The van der Waals surface area contributed by atoms with Crippen LogP contribution in [0.3, 0.4) is 0 Å². The maximum absolute atomic E-state index is 11.4. The molecule has 74 valence electrons. The fourth-order valence-corrected chi connectivity index (χ4v) is 1.77. The highest BCUT2D eigenvalue weighted by molar-refractivity contribution is 9.11. The van der Waals surface area contributed by atoms with Gasteiger partial charge in [0.2, 0.25) is 0 Å². The van der Waals surface area contributed by atoms with E-state index >= 15 is 0 Å². The van der Waals surface area contributed by atoms with Crippen LogP contribution < -0.4 is 0 Å². The van der Waals surface area contributed by atoms with Crippen LogP contribution in [0.2, 0.25) is 0 Å². The molecule has 4 heteroatoms. The van der Waals surface area contributed by atoms with Crippen molar-refractivity contribution in [3.63, 3.8) is 0 Å². The number of carbonyl (C=O) groups is 1. The Balaban J connectivity index is 2.56. The molecule has 1 aliphatic rings. The Kier molecular flexibility index (Phi) is 4.45. The summed E-state index contributed by atoms with van der Waals surface area (Å²) in [7, 11) is 0. The number of carbonyl (C=O) groups excluding carboxylic acids is 1. The van der Waals surface area contributed by atoms with Gasteiger partial charge >= 0.3 is 5.97 Å². The first kappa shape index (κ1) is 10.7. The zero-order valence-corrected chi connectivity index (χ0v) is 9.17. The van der Waals surface area contributed by atoms with E-state index in [0.29, 0.717) is 12.2 Å². The molecule has 0 bridgehead atoms. The normalized spacial score (nSPS) is 23.2. The molecule has 1 rings (SSSR count). The molecule has 1 heterocycles. The second kappa shape index (κ2) is 5.40. The Morgan fingerprint density at radius 1 is 1.77 bits per heavy atom. The molecule has 0 aromatic carbocycles. The van der Waals surface area contributed by atoms with Crippen molar-refractivity contribution in [1.82, 2.24) is 0 Å². The van der Waals surface area contributed by atoms with E-state index in [9.17, 15) is 4.79 Å². The third-order valence-corrected chi connectivity index (χ3v) is 2.40. The second-order valence-corrected chi connectivity index (χ2v) is 3.24. The molecule has 0 N–H and O–H groups in total. The molecule has 0 saturated carbocycles. The van der Waals surface area contributed by atoms with Gasteiger partial charge in [-0.2, -0.15) is 0 Å². The average Bonchev–Trinajstić information content (AvgIpc) is 2.59. The van der Waals surface area contributed by atoms with Crippen molar-refractivity contribution in [2.45, 2.75) is 25.9 Å². The molecule has 0 aromatic rings. The molecule has 0 radical (unpaired) electrons. The van der Waals surface area contributed by atoms with Crippen LogP contribution >= 0.6 is 15.9 Å². The van der Waals surface area contributed by atoms with Crippen molar-refractivity contribution in [2.24, 2.45) is 0 Å². The summed E-state index contributed by atoms with van der Waals surface area (Å²) in [5, 5.41) is 0. The van der Waals surface area contributed by atoms with Crippen LogP contribution in [0, 0.1) is 0 Å². The predicted octanol–water partition coefficient (Wildman–Crippen LogP) is 2.01. The van der Waals surface area contributed by atoms with Gasteiger partial charge in [-0.1, -0.05) is 15.9 Å². The molecule has 1 aliphatic heterocycles. The highest BCUT2D eigenvalue weighted by atomic mass is 79.9. The van der Waals surface area contributed by atoms with Gasteiger partial charge < -0.3 is 9.47 Å². The van der Waals surface area contributed by atoms with Gasteiger partial charge in [0.15, 0.2) is 0 Å². The van der Waals surface area contributed by atoms with E-state index in [0.717, 1.165) is 19.4 Å². The predicted molar refractivity (Wildman–Crippen MR) is 52.6 cm³/mol. The Hall–Kier alpha value is -0.350. The van der Waals surface area contributed by atoms with Crippen LogP contribution in [-0.2, 0) is 14.3 Å². The Morgan fingerprint density at radius 2 is 2.54 bits per heavy atom. The van der Waals surface area contributed by atoms with Crippen molar-refractivity contribution < 1.29 is 14.3 Å². The largest absolute Gasteiger partial charge is 0.463 e. The summed E-state index contributed by atoms with van der Waals surface area (Å²) in [6.07, 6.45) is 1.82. The summed E-state index contributed by atoms with van der Waals surface area (Å²) < 4.78 is 10.3. The summed E-state index contributed by atoms with van der Waals surface area (Å²) >= 11 is 3.15. The molecule has 0 spiro atoms. The third-order valence-electron chi connectivity index (χ3n) is 1.91. The van der Waals surface area contributed by atoms with Gasteiger partial charge in [0, 0.05) is 6.61 Å².